The van der Waals surface area contributed by atoms with Crippen molar-refractivity contribution < 1.29 is 14.7 Å². The third-order valence-electron chi connectivity index (χ3n) is 3.37. The molecule has 0 radical (unpaired) electrons. The molecule has 1 saturated heterocycles. The Kier molecular flexibility index (Phi) is 4.37. The SMILES string of the molecule is CCC1CCCN1C(=O)NCC(C)(C)C(=O)O. The molecule has 0 aromatic rings. The first-order chi connectivity index (χ1) is 7.88. The highest BCUT2D eigenvalue weighted by molar-refractivity contribution is 5.78. The molecule has 0 saturated carbocycles. The van der Waals surface area contributed by atoms with E-state index in [4.69, 9.17) is 5.11 Å². The lowest BCUT2D eigenvalue weighted by atomic mass is 9.94. The summed E-state index contributed by atoms with van der Waals surface area (Å²) < 4.78 is 0. The van der Waals surface area contributed by atoms with E-state index in [-0.39, 0.29) is 12.6 Å². The number of urea groups is 1. The van der Waals surface area contributed by atoms with Crippen LogP contribution >= 0.6 is 0 Å². The second kappa shape index (κ2) is 5.38. The molecular weight excluding hydrogens is 220 g/mol. The first-order valence-corrected chi connectivity index (χ1v) is 6.16. The molecule has 1 heterocycles. The van der Waals surface area contributed by atoms with E-state index < -0.39 is 11.4 Å². The molecule has 1 rings (SSSR count). The third-order valence-corrected chi connectivity index (χ3v) is 3.37. The number of nitrogens with zero attached hydrogens (tertiary/aromatic N) is 1. The number of rotatable bonds is 4. The molecule has 0 aromatic carbocycles. The minimum absolute atomic E-state index is 0.135. The Morgan fingerprint density at radius 2 is 2.12 bits per heavy atom. The lowest BCUT2D eigenvalue weighted by Gasteiger charge is -2.26. The van der Waals surface area contributed by atoms with Gasteiger partial charge in [0.05, 0.1) is 5.41 Å². The molecule has 1 unspecified atom stereocenters. The number of carbonyl (C=O) groups is 2. The Morgan fingerprint density at radius 1 is 1.47 bits per heavy atom. The van der Waals surface area contributed by atoms with E-state index in [0.29, 0.717) is 6.04 Å². The van der Waals surface area contributed by atoms with Crippen molar-refractivity contribution in [2.45, 2.75) is 46.1 Å². The van der Waals surface area contributed by atoms with Gasteiger partial charge in [-0.2, -0.15) is 0 Å². The highest BCUT2D eigenvalue weighted by Crippen LogP contribution is 2.20. The van der Waals surface area contributed by atoms with Gasteiger partial charge in [-0.1, -0.05) is 6.92 Å². The maximum atomic E-state index is 11.9. The van der Waals surface area contributed by atoms with Crippen LogP contribution in [0.5, 0.6) is 0 Å². The third kappa shape index (κ3) is 3.35. The number of carboxylic acids is 1. The number of carboxylic acid groups (broad SMARTS) is 1. The number of hydrogen-bond acceptors (Lipinski definition) is 2. The van der Waals surface area contributed by atoms with Crippen LogP contribution in [0.25, 0.3) is 0 Å². The Bertz CT molecular complexity index is 302. The number of aliphatic carboxylic acids is 1. The Hall–Kier alpha value is -1.26. The number of amides is 2. The van der Waals surface area contributed by atoms with Crippen molar-refractivity contribution in [3.63, 3.8) is 0 Å². The van der Waals surface area contributed by atoms with Crippen molar-refractivity contribution in [1.29, 1.82) is 0 Å². The van der Waals surface area contributed by atoms with Crippen molar-refractivity contribution in [3.05, 3.63) is 0 Å². The summed E-state index contributed by atoms with van der Waals surface area (Å²) in [7, 11) is 0. The van der Waals surface area contributed by atoms with Gasteiger partial charge in [0, 0.05) is 19.1 Å². The van der Waals surface area contributed by atoms with Crippen LogP contribution in [0.1, 0.15) is 40.0 Å². The lowest BCUT2D eigenvalue weighted by molar-refractivity contribution is -0.146. The van der Waals surface area contributed by atoms with Gasteiger partial charge in [-0.05, 0) is 33.1 Å². The molecule has 0 spiro atoms. The minimum Gasteiger partial charge on any atom is -0.481 e. The van der Waals surface area contributed by atoms with E-state index in [1.165, 1.54) is 0 Å². The zero-order valence-electron chi connectivity index (χ0n) is 10.8. The molecule has 5 heteroatoms. The molecule has 17 heavy (non-hydrogen) atoms. The summed E-state index contributed by atoms with van der Waals surface area (Å²) in [6.45, 7) is 6.22. The fourth-order valence-electron chi connectivity index (χ4n) is 2.00. The predicted molar refractivity (Wildman–Crippen MR) is 64.8 cm³/mol. The zero-order valence-corrected chi connectivity index (χ0v) is 10.8. The summed E-state index contributed by atoms with van der Waals surface area (Å²) in [6.07, 6.45) is 3.04. The number of hydrogen-bond donors (Lipinski definition) is 2. The van der Waals surface area contributed by atoms with Gasteiger partial charge in [0.1, 0.15) is 0 Å². The number of carbonyl (C=O) groups excluding carboxylic acids is 1. The van der Waals surface area contributed by atoms with Gasteiger partial charge in [-0.15, -0.1) is 0 Å². The average molecular weight is 242 g/mol. The summed E-state index contributed by atoms with van der Waals surface area (Å²) in [5.74, 6) is -0.897. The van der Waals surface area contributed by atoms with Crippen molar-refractivity contribution in [1.82, 2.24) is 10.2 Å². The molecule has 1 fully saturated rings. The highest BCUT2D eigenvalue weighted by atomic mass is 16.4. The molecule has 1 aliphatic rings. The molecule has 0 aromatic heterocycles. The van der Waals surface area contributed by atoms with Gasteiger partial charge in [-0.3, -0.25) is 4.79 Å². The van der Waals surface area contributed by atoms with Gasteiger partial charge >= 0.3 is 12.0 Å². The second-order valence-electron chi connectivity index (χ2n) is 5.25. The summed E-state index contributed by atoms with van der Waals surface area (Å²) in [5, 5.41) is 11.7. The summed E-state index contributed by atoms with van der Waals surface area (Å²) in [5.41, 5.74) is -0.920. The van der Waals surface area contributed by atoms with E-state index in [1.807, 2.05) is 4.90 Å². The average Bonchev–Trinajstić information content (AvgIpc) is 2.73. The van der Waals surface area contributed by atoms with Crippen LogP contribution in [-0.2, 0) is 4.79 Å². The summed E-state index contributed by atoms with van der Waals surface area (Å²) in [4.78, 5) is 24.6. The van der Waals surface area contributed by atoms with E-state index in [0.717, 1.165) is 25.8 Å². The highest BCUT2D eigenvalue weighted by Gasteiger charge is 2.31. The van der Waals surface area contributed by atoms with Crippen LogP contribution in [0, 0.1) is 5.41 Å². The smallest absolute Gasteiger partial charge is 0.317 e. The Balaban J connectivity index is 2.47. The fraction of sp³-hybridized carbons (Fsp3) is 0.833. The molecule has 1 atom stereocenters. The molecule has 2 amide bonds. The van der Waals surface area contributed by atoms with Crippen LogP contribution in [0.15, 0.2) is 0 Å². The van der Waals surface area contributed by atoms with Gasteiger partial charge < -0.3 is 15.3 Å². The normalized spacial score (nSPS) is 20.4. The summed E-state index contributed by atoms with van der Waals surface area (Å²) >= 11 is 0. The quantitative estimate of drug-likeness (QED) is 0.788. The molecule has 0 aliphatic carbocycles. The Morgan fingerprint density at radius 3 is 2.65 bits per heavy atom. The fourth-order valence-corrected chi connectivity index (χ4v) is 2.00. The van der Waals surface area contributed by atoms with Gasteiger partial charge in [-0.25, -0.2) is 4.79 Å². The maximum absolute atomic E-state index is 11.9. The molecule has 98 valence electrons. The van der Waals surface area contributed by atoms with Gasteiger partial charge in [0.15, 0.2) is 0 Å². The number of nitrogens with one attached hydrogen (secondary N) is 1. The molecule has 2 N–H and O–H groups in total. The van der Waals surface area contributed by atoms with Crippen molar-refractivity contribution >= 4 is 12.0 Å². The Labute approximate surface area is 102 Å². The first kappa shape index (κ1) is 13.8. The van der Waals surface area contributed by atoms with Crippen LogP contribution in [0.2, 0.25) is 0 Å². The van der Waals surface area contributed by atoms with Gasteiger partial charge in [0.25, 0.3) is 0 Å². The summed E-state index contributed by atoms with van der Waals surface area (Å²) in [6, 6.07) is 0.173. The van der Waals surface area contributed by atoms with E-state index in [9.17, 15) is 9.59 Å². The maximum Gasteiger partial charge on any atom is 0.317 e. The van der Waals surface area contributed by atoms with Crippen LogP contribution in [0.3, 0.4) is 0 Å². The lowest BCUT2D eigenvalue weighted by Crippen LogP contribution is -2.47. The first-order valence-electron chi connectivity index (χ1n) is 6.16. The van der Waals surface area contributed by atoms with E-state index in [1.54, 1.807) is 13.8 Å². The zero-order chi connectivity index (χ0) is 13.1. The van der Waals surface area contributed by atoms with E-state index >= 15 is 0 Å². The van der Waals surface area contributed by atoms with Crippen molar-refractivity contribution in [2.24, 2.45) is 5.41 Å². The van der Waals surface area contributed by atoms with Crippen LogP contribution in [0.4, 0.5) is 4.79 Å². The topological polar surface area (TPSA) is 69.6 Å². The molecule has 1 aliphatic heterocycles. The van der Waals surface area contributed by atoms with Crippen LogP contribution < -0.4 is 5.32 Å². The van der Waals surface area contributed by atoms with Crippen LogP contribution in [-0.4, -0.2) is 41.1 Å². The predicted octanol–water partition coefficient (Wildman–Crippen LogP) is 1.68. The second-order valence-corrected chi connectivity index (χ2v) is 5.25. The monoisotopic (exact) mass is 242 g/mol. The standard InChI is InChI=1S/C12H22N2O3/c1-4-9-6-5-7-14(9)11(17)13-8-12(2,3)10(15)16/h9H,4-8H2,1-3H3,(H,13,17)(H,15,16). The van der Waals surface area contributed by atoms with Gasteiger partial charge in [0.2, 0.25) is 0 Å². The van der Waals surface area contributed by atoms with E-state index in [2.05, 4.69) is 12.2 Å². The molecular formula is C12H22N2O3. The number of likely N-dealkylation sites (tertiary alicyclic amines) is 1. The van der Waals surface area contributed by atoms with Crippen molar-refractivity contribution in [2.75, 3.05) is 13.1 Å². The minimum atomic E-state index is -0.920. The molecule has 0 bridgehead atoms. The van der Waals surface area contributed by atoms with Crippen molar-refractivity contribution in [3.8, 4) is 0 Å². The molecule has 5 nitrogen and oxygen atoms in total. The largest absolute Gasteiger partial charge is 0.481 e.